The fraction of sp³-hybridized carbons (Fsp3) is 0.200. The highest BCUT2D eigenvalue weighted by Gasteiger charge is 2.25. The van der Waals surface area contributed by atoms with Crippen LogP contribution < -0.4 is 10.2 Å². The van der Waals surface area contributed by atoms with E-state index < -0.39 is 0 Å². The topological polar surface area (TPSA) is 91.6 Å². The maximum absolute atomic E-state index is 12.4. The van der Waals surface area contributed by atoms with Crippen LogP contribution in [0, 0.1) is 0 Å². The Bertz CT molecular complexity index is 951. The molecule has 8 nitrogen and oxygen atoms in total. The van der Waals surface area contributed by atoms with Crippen LogP contribution >= 0.6 is 0 Å². The minimum atomic E-state index is -0.290. The van der Waals surface area contributed by atoms with Crippen LogP contribution in [0.5, 0.6) is 0 Å². The van der Waals surface area contributed by atoms with E-state index in [1.165, 1.54) is 6.26 Å². The van der Waals surface area contributed by atoms with Gasteiger partial charge < -0.3 is 19.5 Å². The summed E-state index contributed by atoms with van der Waals surface area (Å²) in [5.41, 5.74) is 1.00. The molecule has 0 saturated carbocycles. The molecule has 1 saturated heterocycles. The molecule has 1 aliphatic heterocycles. The van der Waals surface area contributed by atoms with Crippen LogP contribution in [0.2, 0.25) is 0 Å². The van der Waals surface area contributed by atoms with Gasteiger partial charge in [0, 0.05) is 38.1 Å². The number of carbonyl (C=O) groups excluding carboxylic acids is 2. The summed E-state index contributed by atoms with van der Waals surface area (Å²) in [5, 5.41) is 2.81. The highest BCUT2D eigenvalue weighted by Crippen LogP contribution is 2.15. The van der Waals surface area contributed by atoms with Crippen molar-refractivity contribution in [3.63, 3.8) is 0 Å². The molecule has 2 amide bonds. The van der Waals surface area contributed by atoms with Crippen molar-refractivity contribution < 1.29 is 14.0 Å². The first-order valence-corrected chi connectivity index (χ1v) is 8.98. The van der Waals surface area contributed by atoms with E-state index in [1.807, 2.05) is 35.2 Å². The molecule has 0 radical (unpaired) electrons. The molecule has 0 bridgehead atoms. The van der Waals surface area contributed by atoms with Gasteiger partial charge in [-0.2, -0.15) is 0 Å². The van der Waals surface area contributed by atoms with Crippen LogP contribution in [-0.2, 0) is 0 Å². The van der Waals surface area contributed by atoms with Gasteiger partial charge in [-0.1, -0.05) is 18.2 Å². The third-order valence-corrected chi connectivity index (χ3v) is 4.49. The van der Waals surface area contributed by atoms with Crippen molar-refractivity contribution in [3.05, 3.63) is 72.4 Å². The van der Waals surface area contributed by atoms with E-state index in [0.29, 0.717) is 49.3 Å². The average molecular weight is 377 g/mol. The summed E-state index contributed by atoms with van der Waals surface area (Å²) < 4.78 is 5.18. The number of hydrogen-bond acceptors (Lipinski definition) is 6. The lowest BCUT2D eigenvalue weighted by Crippen LogP contribution is -2.49. The second kappa shape index (κ2) is 7.91. The van der Waals surface area contributed by atoms with Crippen molar-refractivity contribution in [2.24, 2.45) is 0 Å². The quantitative estimate of drug-likeness (QED) is 0.750. The second-order valence-corrected chi connectivity index (χ2v) is 6.32. The number of anilines is 2. The smallest absolute Gasteiger partial charge is 0.289 e. The number of nitrogens with zero attached hydrogens (tertiary/aromatic N) is 4. The first kappa shape index (κ1) is 17.7. The summed E-state index contributed by atoms with van der Waals surface area (Å²) in [7, 11) is 0. The SMILES string of the molecule is O=C(Nc1ccccc1)c1ccnc(N2CCN(C(=O)c3ccco3)CC2)n1. The van der Waals surface area contributed by atoms with E-state index in [9.17, 15) is 9.59 Å². The number of carbonyl (C=O) groups is 2. The minimum Gasteiger partial charge on any atom is -0.459 e. The van der Waals surface area contributed by atoms with E-state index in [2.05, 4.69) is 15.3 Å². The molecule has 0 atom stereocenters. The molecule has 0 spiro atoms. The van der Waals surface area contributed by atoms with Crippen LogP contribution in [-0.4, -0.2) is 52.9 Å². The van der Waals surface area contributed by atoms with Crippen LogP contribution in [0.1, 0.15) is 21.0 Å². The van der Waals surface area contributed by atoms with E-state index in [4.69, 9.17) is 4.42 Å². The highest BCUT2D eigenvalue weighted by atomic mass is 16.3. The number of furan rings is 1. The van der Waals surface area contributed by atoms with Crippen molar-refractivity contribution in [2.45, 2.75) is 0 Å². The van der Waals surface area contributed by atoms with Crippen molar-refractivity contribution >= 4 is 23.5 Å². The summed E-state index contributed by atoms with van der Waals surface area (Å²) in [6.45, 7) is 2.22. The largest absolute Gasteiger partial charge is 0.459 e. The first-order chi connectivity index (χ1) is 13.7. The molecule has 2 aromatic heterocycles. The zero-order valence-corrected chi connectivity index (χ0v) is 15.1. The fourth-order valence-corrected chi connectivity index (χ4v) is 3.01. The van der Waals surface area contributed by atoms with Gasteiger partial charge in [-0.3, -0.25) is 9.59 Å². The predicted molar refractivity (Wildman–Crippen MR) is 103 cm³/mol. The monoisotopic (exact) mass is 377 g/mol. The van der Waals surface area contributed by atoms with Crippen molar-refractivity contribution in [3.8, 4) is 0 Å². The zero-order valence-electron chi connectivity index (χ0n) is 15.1. The van der Waals surface area contributed by atoms with E-state index in [0.717, 1.165) is 0 Å². The number of amides is 2. The molecule has 8 heteroatoms. The average Bonchev–Trinajstić information content (AvgIpc) is 3.29. The Morgan fingerprint density at radius 1 is 0.964 bits per heavy atom. The standard InChI is InChI=1S/C20H19N5O3/c26-18(22-15-5-2-1-3-6-15)16-8-9-21-20(23-16)25-12-10-24(11-13-25)19(27)17-7-4-14-28-17/h1-9,14H,10-13H2,(H,22,26). The number of benzene rings is 1. The molecule has 3 aromatic rings. The Hall–Kier alpha value is -3.68. The maximum Gasteiger partial charge on any atom is 0.289 e. The van der Waals surface area contributed by atoms with Crippen LogP contribution in [0.15, 0.2) is 65.4 Å². The molecule has 142 valence electrons. The van der Waals surface area contributed by atoms with Crippen LogP contribution in [0.4, 0.5) is 11.6 Å². The second-order valence-electron chi connectivity index (χ2n) is 6.32. The Morgan fingerprint density at radius 2 is 1.75 bits per heavy atom. The lowest BCUT2D eigenvalue weighted by molar-refractivity contribution is 0.0714. The normalized spacial score (nSPS) is 14.0. The van der Waals surface area contributed by atoms with E-state index >= 15 is 0 Å². The molecule has 1 aliphatic rings. The summed E-state index contributed by atoms with van der Waals surface area (Å²) in [5.74, 6) is 0.401. The van der Waals surface area contributed by atoms with E-state index in [-0.39, 0.29) is 11.8 Å². The Balaban J connectivity index is 1.40. The summed E-state index contributed by atoms with van der Waals surface area (Å²) in [6, 6.07) is 14.2. The third kappa shape index (κ3) is 3.85. The lowest BCUT2D eigenvalue weighted by atomic mass is 10.3. The summed E-state index contributed by atoms with van der Waals surface area (Å²) in [6.07, 6.45) is 3.06. The fourth-order valence-electron chi connectivity index (χ4n) is 3.01. The molecule has 0 aliphatic carbocycles. The molecule has 4 rings (SSSR count). The van der Waals surface area contributed by atoms with Gasteiger partial charge in [-0.05, 0) is 30.3 Å². The number of para-hydroxylation sites is 1. The van der Waals surface area contributed by atoms with Crippen molar-refractivity contribution in [1.82, 2.24) is 14.9 Å². The molecule has 0 unspecified atom stereocenters. The molecule has 1 fully saturated rings. The Morgan fingerprint density at radius 3 is 2.46 bits per heavy atom. The van der Waals surface area contributed by atoms with Gasteiger partial charge in [0.15, 0.2) is 5.76 Å². The number of aromatic nitrogens is 2. The van der Waals surface area contributed by atoms with Gasteiger partial charge in [0.2, 0.25) is 5.95 Å². The van der Waals surface area contributed by atoms with Gasteiger partial charge in [0.05, 0.1) is 6.26 Å². The molecular formula is C20H19N5O3. The van der Waals surface area contributed by atoms with Crippen molar-refractivity contribution in [1.29, 1.82) is 0 Å². The first-order valence-electron chi connectivity index (χ1n) is 8.98. The van der Waals surface area contributed by atoms with Gasteiger partial charge in [0.25, 0.3) is 11.8 Å². The Kier molecular flexibility index (Phi) is 5.01. The summed E-state index contributed by atoms with van der Waals surface area (Å²) >= 11 is 0. The van der Waals surface area contributed by atoms with Crippen LogP contribution in [0.25, 0.3) is 0 Å². The van der Waals surface area contributed by atoms with Gasteiger partial charge >= 0.3 is 0 Å². The third-order valence-electron chi connectivity index (χ3n) is 4.49. The predicted octanol–water partition coefficient (Wildman–Crippen LogP) is 2.28. The maximum atomic E-state index is 12.4. The minimum absolute atomic E-state index is 0.124. The number of hydrogen-bond donors (Lipinski definition) is 1. The number of nitrogens with one attached hydrogen (secondary N) is 1. The lowest BCUT2D eigenvalue weighted by Gasteiger charge is -2.34. The highest BCUT2D eigenvalue weighted by molar-refractivity contribution is 6.02. The number of piperazine rings is 1. The summed E-state index contributed by atoms with van der Waals surface area (Å²) in [4.78, 5) is 37.2. The molecule has 28 heavy (non-hydrogen) atoms. The van der Waals surface area contributed by atoms with Crippen molar-refractivity contribution in [2.75, 3.05) is 36.4 Å². The van der Waals surface area contributed by atoms with E-state index in [1.54, 1.807) is 29.3 Å². The zero-order chi connectivity index (χ0) is 19.3. The van der Waals surface area contributed by atoms with Crippen LogP contribution in [0.3, 0.4) is 0 Å². The van der Waals surface area contributed by atoms with Gasteiger partial charge in [-0.25, -0.2) is 9.97 Å². The molecule has 3 heterocycles. The number of rotatable bonds is 4. The Labute approximate surface area is 161 Å². The van der Waals surface area contributed by atoms with Gasteiger partial charge in [0.1, 0.15) is 5.69 Å². The molecular weight excluding hydrogens is 358 g/mol. The van der Waals surface area contributed by atoms with Gasteiger partial charge in [-0.15, -0.1) is 0 Å². The molecule has 1 N–H and O–H groups in total. The molecule has 1 aromatic carbocycles.